The molecule has 5 rings (SSSR count). The molecule has 0 saturated heterocycles. The summed E-state index contributed by atoms with van der Waals surface area (Å²) in [5, 5.41) is 4.93. The van der Waals surface area contributed by atoms with E-state index in [1.165, 1.54) is 27.1 Å². The van der Waals surface area contributed by atoms with Gasteiger partial charge >= 0.3 is 0 Å². The molecule has 0 spiro atoms. The van der Waals surface area contributed by atoms with Gasteiger partial charge in [0.25, 0.3) is 0 Å². The lowest BCUT2D eigenvalue weighted by Crippen LogP contribution is -1.94. The Morgan fingerprint density at radius 3 is 2.09 bits per heavy atom. The second-order valence-electron chi connectivity index (χ2n) is 5.73. The maximum Gasteiger partial charge on any atom is 0.231 e. The molecular weight excluding hydrogens is 284 g/mol. The molecule has 0 fully saturated rings. The first-order chi connectivity index (χ1) is 11.4. The summed E-state index contributed by atoms with van der Waals surface area (Å²) >= 11 is 0. The molecule has 4 aromatic rings. The minimum absolute atomic E-state index is 0.287. The lowest BCUT2D eigenvalue weighted by atomic mass is 9.91. The first kappa shape index (κ1) is 12.5. The highest BCUT2D eigenvalue weighted by atomic mass is 16.7. The van der Waals surface area contributed by atoms with Crippen molar-refractivity contribution in [1.29, 1.82) is 0 Å². The molecule has 1 heterocycles. The highest BCUT2D eigenvalue weighted by Crippen LogP contribution is 2.45. The van der Waals surface area contributed by atoms with Crippen LogP contribution >= 0.6 is 0 Å². The second kappa shape index (κ2) is 4.75. The predicted molar refractivity (Wildman–Crippen MR) is 93.0 cm³/mol. The van der Waals surface area contributed by atoms with Crippen LogP contribution in [0.4, 0.5) is 0 Å². The van der Waals surface area contributed by atoms with Crippen molar-refractivity contribution >= 4 is 21.5 Å². The Kier molecular flexibility index (Phi) is 2.59. The minimum Gasteiger partial charge on any atom is -0.454 e. The van der Waals surface area contributed by atoms with Gasteiger partial charge in [-0.05, 0) is 33.7 Å². The Hall–Kier alpha value is -3.00. The summed E-state index contributed by atoms with van der Waals surface area (Å²) in [5.41, 5.74) is 2.30. The van der Waals surface area contributed by atoms with Gasteiger partial charge in [-0.3, -0.25) is 0 Å². The lowest BCUT2D eigenvalue weighted by molar-refractivity contribution is 0.174. The molecule has 4 aromatic carbocycles. The first-order valence-corrected chi connectivity index (χ1v) is 7.71. The van der Waals surface area contributed by atoms with Crippen molar-refractivity contribution in [3.8, 4) is 22.6 Å². The van der Waals surface area contributed by atoms with Crippen LogP contribution in [0, 0.1) is 0 Å². The standard InChI is InChI=1S/C21H14O2/c1-3-8-16-14(6-1)12-15-7-2-4-9-17(15)20(16)18-10-5-11-19-21(18)23-13-22-19/h1-12H,13H2. The summed E-state index contributed by atoms with van der Waals surface area (Å²) < 4.78 is 11.3. The van der Waals surface area contributed by atoms with Crippen molar-refractivity contribution in [2.75, 3.05) is 6.79 Å². The van der Waals surface area contributed by atoms with Gasteiger partial charge in [0.05, 0.1) is 0 Å². The zero-order chi connectivity index (χ0) is 15.2. The van der Waals surface area contributed by atoms with E-state index in [4.69, 9.17) is 9.47 Å². The summed E-state index contributed by atoms with van der Waals surface area (Å²) in [5.74, 6) is 1.66. The molecule has 0 radical (unpaired) electrons. The van der Waals surface area contributed by atoms with Crippen LogP contribution in [-0.2, 0) is 0 Å². The number of ether oxygens (including phenoxy) is 2. The molecule has 0 aromatic heterocycles. The van der Waals surface area contributed by atoms with E-state index in [-0.39, 0.29) is 6.79 Å². The van der Waals surface area contributed by atoms with Crippen LogP contribution in [0.15, 0.2) is 72.8 Å². The van der Waals surface area contributed by atoms with E-state index in [0.29, 0.717) is 0 Å². The zero-order valence-corrected chi connectivity index (χ0v) is 12.5. The van der Waals surface area contributed by atoms with Crippen molar-refractivity contribution in [2.45, 2.75) is 0 Å². The molecule has 0 unspecified atom stereocenters. The van der Waals surface area contributed by atoms with E-state index in [1.54, 1.807) is 0 Å². The van der Waals surface area contributed by atoms with Gasteiger partial charge in [0, 0.05) is 11.1 Å². The van der Waals surface area contributed by atoms with Gasteiger partial charge in [-0.25, -0.2) is 0 Å². The van der Waals surface area contributed by atoms with Crippen LogP contribution in [0.1, 0.15) is 0 Å². The number of benzene rings is 4. The summed E-state index contributed by atoms with van der Waals surface area (Å²) in [7, 11) is 0. The van der Waals surface area contributed by atoms with Gasteiger partial charge in [-0.2, -0.15) is 0 Å². The smallest absolute Gasteiger partial charge is 0.231 e. The minimum atomic E-state index is 0.287. The highest BCUT2D eigenvalue weighted by molar-refractivity contribution is 6.13. The summed E-state index contributed by atoms with van der Waals surface area (Å²) in [6.45, 7) is 0.287. The van der Waals surface area contributed by atoms with Gasteiger partial charge in [-0.1, -0.05) is 60.7 Å². The number of rotatable bonds is 1. The van der Waals surface area contributed by atoms with Crippen molar-refractivity contribution < 1.29 is 9.47 Å². The third kappa shape index (κ3) is 1.82. The summed E-state index contributed by atoms with van der Waals surface area (Å²) in [6.07, 6.45) is 0. The Bertz CT molecular complexity index is 996. The first-order valence-electron chi connectivity index (χ1n) is 7.71. The van der Waals surface area contributed by atoms with E-state index in [2.05, 4.69) is 60.7 Å². The highest BCUT2D eigenvalue weighted by Gasteiger charge is 2.21. The molecule has 2 heteroatoms. The van der Waals surface area contributed by atoms with Gasteiger partial charge in [0.1, 0.15) is 0 Å². The Labute approximate surface area is 133 Å². The van der Waals surface area contributed by atoms with Crippen LogP contribution in [0.2, 0.25) is 0 Å². The van der Waals surface area contributed by atoms with Gasteiger partial charge in [0.2, 0.25) is 6.79 Å². The van der Waals surface area contributed by atoms with E-state index in [0.717, 1.165) is 17.1 Å². The molecular formula is C21H14O2. The Morgan fingerprint density at radius 1 is 0.652 bits per heavy atom. The molecule has 0 atom stereocenters. The summed E-state index contributed by atoms with van der Waals surface area (Å²) in [6, 6.07) is 25.3. The molecule has 110 valence electrons. The molecule has 1 aliphatic heterocycles. The molecule has 0 saturated carbocycles. The molecule has 0 N–H and O–H groups in total. The SMILES string of the molecule is c1cc2c(c(-c3c4ccccc4cc4ccccc34)c1)OCO2. The van der Waals surface area contributed by atoms with Gasteiger partial charge < -0.3 is 9.47 Å². The largest absolute Gasteiger partial charge is 0.454 e. The molecule has 23 heavy (non-hydrogen) atoms. The van der Waals surface area contributed by atoms with E-state index >= 15 is 0 Å². The van der Waals surface area contributed by atoms with Crippen LogP contribution in [0.25, 0.3) is 32.7 Å². The fourth-order valence-electron chi connectivity index (χ4n) is 3.43. The third-order valence-electron chi connectivity index (χ3n) is 4.44. The van der Waals surface area contributed by atoms with Crippen LogP contribution < -0.4 is 9.47 Å². The lowest BCUT2D eigenvalue weighted by Gasteiger charge is -2.13. The van der Waals surface area contributed by atoms with Crippen LogP contribution in [-0.4, -0.2) is 6.79 Å². The van der Waals surface area contributed by atoms with Crippen molar-refractivity contribution in [2.24, 2.45) is 0 Å². The van der Waals surface area contributed by atoms with Gasteiger partial charge in [-0.15, -0.1) is 0 Å². The molecule has 0 amide bonds. The second-order valence-corrected chi connectivity index (χ2v) is 5.73. The summed E-state index contributed by atoms with van der Waals surface area (Å²) in [4.78, 5) is 0. The quantitative estimate of drug-likeness (QED) is 0.439. The van der Waals surface area contributed by atoms with Crippen molar-refractivity contribution in [3.05, 3.63) is 72.8 Å². The van der Waals surface area contributed by atoms with E-state index in [1.807, 2.05) is 12.1 Å². The fraction of sp³-hybridized carbons (Fsp3) is 0.0476. The molecule has 1 aliphatic rings. The van der Waals surface area contributed by atoms with Crippen LogP contribution in [0.5, 0.6) is 11.5 Å². The maximum atomic E-state index is 5.76. The van der Waals surface area contributed by atoms with Gasteiger partial charge in [0.15, 0.2) is 11.5 Å². The topological polar surface area (TPSA) is 18.5 Å². The average Bonchev–Trinajstić information content (AvgIpc) is 3.08. The monoisotopic (exact) mass is 298 g/mol. The maximum absolute atomic E-state index is 5.76. The number of hydrogen-bond donors (Lipinski definition) is 0. The van der Waals surface area contributed by atoms with E-state index in [9.17, 15) is 0 Å². The van der Waals surface area contributed by atoms with Crippen molar-refractivity contribution in [3.63, 3.8) is 0 Å². The third-order valence-corrected chi connectivity index (χ3v) is 4.44. The van der Waals surface area contributed by atoms with Crippen LogP contribution in [0.3, 0.4) is 0 Å². The average molecular weight is 298 g/mol. The Morgan fingerprint density at radius 2 is 1.35 bits per heavy atom. The van der Waals surface area contributed by atoms with E-state index < -0.39 is 0 Å². The number of hydrogen-bond acceptors (Lipinski definition) is 2. The molecule has 0 bridgehead atoms. The molecule has 0 aliphatic carbocycles. The fourth-order valence-corrected chi connectivity index (χ4v) is 3.43. The zero-order valence-electron chi connectivity index (χ0n) is 12.5. The predicted octanol–water partition coefficient (Wildman–Crippen LogP) is 5.39. The normalized spacial score (nSPS) is 12.9. The number of para-hydroxylation sites is 1. The number of fused-ring (bicyclic) bond motifs is 3. The Balaban J connectivity index is 1.98. The van der Waals surface area contributed by atoms with Crippen molar-refractivity contribution in [1.82, 2.24) is 0 Å². The molecule has 2 nitrogen and oxygen atoms in total.